The van der Waals surface area contributed by atoms with Crippen LogP contribution in [0, 0.1) is 0 Å². The summed E-state index contributed by atoms with van der Waals surface area (Å²) in [6, 6.07) is 11.0. The maximum Gasteiger partial charge on any atom is 0.276 e. The average molecular weight is 369 g/mol. The minimum absolute atomic E-state index is 0.0772. The normalized spacial score (nSPS) is 11.5. The van der Waals surface area contributed by atoms with Crippen molar-refractivity contribution in [3.05, 3.63) is 53.1 Å². The quantitative estimate of drug-likeness (QED) is 0.602. The maximum absolute atomic E-state index is 12.1. The van der Waals surface area contributed by atoms with Crippen molar-refractivity contribution < 1.29 is 17.9 Å². The summed E-state index contributed by atoms with van der Waals surface area (Å²) in [6.07, 6.45) is 1.38. The lowest BCUT2D eigenvalue weighted by Gasteiger charge is -2.09. The SMILES string of the molecule is CCOc1ccc(/C=N/NS(=O)(=O)c2ccc(Cl)cc2)cc1OC. The molecule has 0 saturated carbocycles. The zero-order chi connectivity index (χ0) is 17.6. The third kappa shape index (κ3) is 4.62. The first-order valence-corrected chi connectivity index (χ1v) is 8.93. The average Bonchev–Trinajstić information content (AvgIpc) is 2.56. The summed E-state index contributed by atoms with van der Waals surface area (Å²) >= 11 is 5.74. The molecule has 6 nitrogen and oxygen atoms in total. The predicted octanol–water partition coefficient (Wildman–Crippen LogP) is 3.06. The van der Waals surface area contributed by atoms with Gasteiger partial charge in [-0.05, 0) is 55.0 Å². The Labute approximate surface area is 146 Å². The van der Waals surface area contributed by atoms with E-state index in [1.807, 2.05) is 6.92 Å². The number of methoxy groups -OCH3 is 1. The van der Waals surface area contributed by atoms with E-state index < -0.39 is 10.0 Å². The monoisotopic (exact) mass is 368 g/mol. The second-order valence-electron chi connectivity index (χ2n) is 4.65. The van der Waals surface area contributed by atoms with Gasteiger partial charge in [-0.2, -0.15) is 13.5 Å². The number of halogens is 1. The molecule has 24 heavy (non-hydrogen) atoms. The van der Waals surface area contributed by atoms with E-state index in [0.717, 1.165) is 0 Å². The van der Waals surface area contributed by atoms with Crippen LogP contribution in [-0.2, 0) is 10.0 Å². The molecule has 0 aliphatic rings. The Morgan fingerprint density at radius 3 is 2.50 bits per heavy atom. The lowest BCUT2D eigenvalue weighted by Crippen LogP contribution is -2.18. The Morgan fingerprint density at radius 1 is 1.17 bits per heavy atom. The Morgan fingerprint density at radius 2 is 1.88 bits per heavy atom. The first kappa shape index (κ1) is 18.1. The van der Waals surface area contributed by atoms with Crippen molar-refractivity contribution >= 4 is 27.8 Å². The summed E-state index contributed by atoms with van der Waals surface area (Å²) in [5.41, 5.74) is 0.661. The first-order chi connectivity index (χ1) is 11.5. The standard InChI is InChI=1S/C16H17ClN2O4S/c1-3-23-15-9-4-12(10-16(15)22-2)11-18-19-24(20,21)14-7-5-13(17)6-8-14/h4-11,19H,3H2,1-2H3/b18-11+. The van der Waals surface area contributed by atoms with Crippen LogP contribution in [0.1, 0.15) is 12.5 Å². The van der Waals surface area contributed by atoms with E-state index in [9.17, 15) is 8.42 Å². The highest BCUT2D eigenvalue weighted by atomic mass is 35.5. The van der Waals surface area contributed by atoms with Gasteiger partial charge in [-0.1, -0.05) is 11.6 Å². The molecule has 0 saturated heterocycles. The molecular weight excluding hydrogens is 352 g/mol. The van der Waals surface area contributed by atoms with Crippen LogP contribution in [0.4, 0.5) is 0 Å². The Bertz CT molecular complexity index is 820. The van der Waals surface area contributed by atoms with Gasteiger partial charge in [0, 0.05) is 5.02 Å². The molecule has 0 spiro atoms. The number of rotatable bonds is 7. The molecule has 0 radical (unpaired) electrons. The Hall–Kier alpha value is -2.25. The van der Waals surface area contributed by atoms with Gasteiger partial charge >= 0.3 is 0 Å². The van der Waals surface area contributed by atoms with E-state index in [0.29, 0.717) is 28.7 Å². The fourth-order valence-electron chi connectivity index (χ4n) is 1.88. The van der Waals surface area contributed by atoms with Gasteiger partial charge in [0.15, 0.2) is 11.5 Å². The van der Waals surface area contributed by atoms with Crippen molar-refractivity contribution in [3.8, 4) is 11.5 Å². The van der Waals surface area contributed by atoms with E-state index >= 15 is 0 Å². The van der Waals surface area contributed by atoms with Crippen molar-refractivity contribution in [2.75, 3.05) is 13.7 Å². The molecule has 0 unspecified atom stereocenters. The number of hydrazone groups is 1. The summed E-state index contributed by atoms with van der Waals surface area (Å²) in [6.45, 7) is 2.39. The van der Waals surface area contributed by atoms with E-state index in [4.69, 9.17) is 21.1 Å². The van der Waals surface area contributed by atoms with E-state index in [-0.39, 0.29) is 4.90 Å². The molecule has 0 amide bonds. The molecule has 0 aliphatic carbocycles. The molecule has 1 N–H and O–H groups in total. The largest absolute Gasteiger partial charge is 0.493 e. The molecular formula is C16H17ClN2O4S. The van der Waals surface area contributed by atoms with Crippen molar-refractivity contribution in [2.45, 2.75) is 11.8 Å². The second kappa shape index (κ2) is 8.03. The Balaban J connectivity index is 2.12. The molecule has 2 rings (SSSR count). The number of nitrogens with one attached hydrogen (secondary N) is 1. The minimum Gasteiger partial charge on any atom is -0.493 e. The van der Waals surface area contributed by atoms with Crippen molar-refractivity contribution in [1.82, 2.24) is 4.83 Å². The highest BCUT2D eigenvalue weighted by Gasteiger charge is 2.12. The van der Waals surface area contributed by atoms with E-state index in [1.165, 1.54) is 37.6 Å². The third-order valence-corrected chi connectivity index (χ3v) is 4.49. The smallest absolute Gasteiger partial charge is 0.276 e. The molecule has 8 heteroatoms. The molecule has 0 heterocycles. The van der Waals surface area contributed by atoms with Crippen LogP contribution in [0.2, 0.25) is 5.02 Å². The number of hydrogen-bond donors (Lipinski definition) is 1. The molecule has 0 bridgehead atoms. The topological polar surface area (TPSA) is 77.0 Å². The predicted molar refractivity (Wildman–Crippen MR) is 93.5 cm³/mol. The number of nitrogens with zero attached hydrogens (tertiary/aromatic N) is 1. The van der Waals surface area contributed by atoms with Crippen molar-refractivity contribution in [1.29, 1.82) is 0 Å². The minimum atomic E-state index is -3.74. The fraction of sp³-hybridized carbons (Fsp3) is 0.188. The van der Waals surface area contributed by atoms with Crippen LogP contribution in [0.25, 0.3) is 0 Å². The molecule has 128 valence electrons. The van der Waals surface area contributed by atoms with Gasteiger partial charge in [-0.3, -0.25) is 0 Å². The van der Waals surface area contributed by atoms with Crippen LogP contribution >= 0.6 is 11.6 Å². The second-order valence-corrected chi connectivity index (χ2v) is 6.75. The maximum atomic E-state index is 12.1. The van der Waals surface area contributed by atoms with Crippen LogP contribution < -0.4 is 14.3 Å². The lowest BCUT2D eigenvalue weighted by molar-refractivity contribution is 0.311. The summed E-state index contributed by atoms with van der Waals surface area (Å²) in [4.78, 5) is 2.22. The Kier molecular flexibility index (Phi) is 6.05. The van der Waals surface area contributed by atoms with Gasteiger partial charge < -0.3 is 9.47 Å². The summed E-state index contributed by atoms with van der Waals surface area (Å²) in [5, 5.41) is 4.23. The number of ether oxygens (including phenoxy) is 2. The zero-order valence-electron chi connectivity index (χ0n) is 13.2. The first-order valence-electron chi connectivity index (χ1n) is 7.07. The van der Waals surface area contributed by atoms with Crippen LogP contribution in [0.15, 0.2) is 52.5 Å². The van der Waals surface area contributed by atoms with E-state index in [2.05, 4.69) is 9.93 Å². The van der Waals surface area contributed by atoms with Crippen LogP contribution in [-0.4, -0.2) is 28.3 Å². The summed E-state index contributed by atoms with van der Waals surface area (Å²) < 4.78 is 34.8. The molecule has 0 aromatic heterocycles. The van der Waals surface area contributed by atoms with Crippen molar-refractivity contribution in [3.63, 3.8) is 0 Å². The molecule has 0 atom stereocenters. The number of sulfonamides is 1. The van der Waals surface area contributed by atoms with Crippen LogP contribution in [0.3, 0.4) is 0 Å². The molecule has 0 fully saturated rings. The molecule has 2 aromatic rings. The highest BCUT2D eigenvalue weighted by Crippen LogP contribution is 2.27. The zero-order valence-corrected chi connectivity index (χ0v) is 14.8. The van der Waals surface area contributed by atoms with Crippen LogP contribution in [0.5, 0.6) is 11.5 Å². The van der Waals surface area contributed by atoms with Gasteiger partial charge in [0.2, 0.25) is 0 Å². The molecule has 2 aromatic carbocycles. The highest BCUT2D eigenvalue weighted by molar-refractivity contribution is 7.89. The summed E-state index contributed by atoms with van der Waals surface area (Å²) in [7, 11) is -2.21. The van der Waals surface area contributed by atoms with Gasteiger partial charge in [-0.15, -0.1) is 0 Å². The fourth-order valence-corrected chi connectivity index (χ4v) is 2.79. The molecule has 0 aliphatic heterocycles. The van der Waals surface area contributed by atoms with Gasteiger partial charge in [0.1, 0.15) is 0 Å². The number of benzene rings is 2. The summed E-state index contributed by atoms with van der Waals surface area (Å²) in [5.74, 6) is 1.15. The van der Waals surface area contributed by atoms with Gasteiger partial charge in [0.25, 0.3) is 10.0 Å². The van der Waals surface area contributed by atoms with Gasteiger partial charge in [0.05, 0.1) is 24.8 Å². The lowest BCUT2D eigenvalue weighted by atomic mass is 10.2. The third-order valence-electron chi connectivity index (χ3n) is 3.00. The van der Waals surface area contributed by atoms with Crippen molar-refractivity contribution in [2.24, 2.45) is 5.10 Å². The number of hydrogen-bond acceptors (Lipinski definition) is 5. The van der Waals surface area contributed by atoms with E-state index in [1.54, 1.807) is 18.2 Å². The van der Waals surface area contributed by atoms with Gasteiger partial charge in [-0.25, -0.2) is 4.83 Å².